The highest BCUT2D eigenvalue weighted by Gasteiger charge is 2.13. The van der Waals surface area contributed by atoms with Crippen LogP contribution in [-0.4, -0.2) is 19.6 Å². The lowest BCUT2D eigenvalue weighted by Crippen LogP contribution is -2.14. The fourth-order valence-electron chi connectivity index (χ4n) is 1.89. The number of halogens is 2. The zero-order chi connectivity index (χ0) is 14.4. The van der Waals surface area contributed by atoms with Gasteiger partial charge in [-0.3, -0.25) is 9.89 Å². The maximum absolute atomic E-state index is 11.8. The summed E-state index contributed by atoms with van der Waals surface area (Å²) in [4.78, 5) is 20.2. The van der Waals surface area contributed by atoms with Crippen LogP contribution in [0.5, 0.6) is 0 Å². The normalized spacial score (nSPS) is 11.2. The van der Waals surface area contributed by atoms with Crippen molar-refractivity contribution in [2.45, 2.75) is 6.92 Å². The molecule has 0 atom stereocenters. The second kappa shape index (κ2) is 4.50. The van der Waals surface area contributed by atoms with E-state index in [-0.39, 0.29) is 11.3 Å². The van der Waals surface area contributed by atoms with Crippen LogP contribution in [0.1, 0.15) is 5.69 Å². The summed E-state index contributed by atoms with van der Waals surface area (Å²) in [6.07, 6.45) is 0. The van der Waals surface area contributed by atoms with Gasteiger partial charge in [-0.15, -0.1) is 0 Å². The quantitative estimate of drug-likeness (QED) is 0.675. The number of nitrogens with zero attached hydrogens (tertiary/aromatic N) is 3. The lowest BCUT2D eigenvalue weighted by molar-refractivity contribution is 0.892. The molecule has 0 amide bonds. The summed E-state index contributed by atoms with van der Waals surface area (Å²) in [5.74, 6) is 0.641. The molecule has 0 bridgehead atoms. The zero-order valence-corrected chi connectivity index (χ0v) is 11.8. The van der Waals surface area contributed by atoms with Crippen molar-refractivity contribution < 1.29 is 0 Å². The number of nitrogens with one attached hydrogen (secondary N) is 1. The van der Waals surface area contributed by atoms with E-state index in [0.717, 1.165) is 0 Å². The highest BCUT2D eigenvalue weighted by molar-refractivity contribution is 6.37. The van der Waals surface area contributed by atoms with Crippen LogP contribution in [0, 0.1) is 6.92 Å². The number of hydrogen-bond acceptors (Lipinski definition) is 4. The Hall–Kier alpha value is -2.05. The van der Waals surface area contributed by atoms with Crippen LogP contribution in [0.4, 0.5) is 5.69 Å². The fourth-order valence-corrected chi connectivity index (χ4v) is 2.39. The Morgan fingerprint density at radius 3 is 2.75 bits per heavy atom. The minimum atomic E-state index is -0.252. The van der Waals surface area contributed by atoms with E-state index in [9.17, 15) is 4.79 Å². The molecule has 2 aromatic heterocycles. The maximum atomic E-state index is 11.8. The summed E-state index contributed by atoms with van der Waals surface area (Å²) in [6.45, 7) is 1.72. The van der Waals surface area contributed by atoms with Crippen LogP contribution >= 0.6 is 23.2 Å². The predicted molar refractivity (Wildman–Crippen MR) is 78.2 cm³/mol. The second-order valence-corrected chi connectivity index (χ2v) is 5.14. The van der Waals surface area contributed by atoms with Gasteiger partial charge in [0.05, 0.1) is 10.7 Å². The summed E-state index contributed by atoms with van der Waals surface area (Å²) < 4.78 is 1.23. The Bertz CT molecular complexity index is 883. The van der Waals surface area contributed by atoms with Gasteiger partial charge in [-0.2, -0.15) is 9.50 Å². The Labute approximate surface area is 123 Å². The second-order valence-electron chi connectivity index (χ2n) is 4.29. The Balaban J connectivity index is 2.31. The van der Waals surface area contributed by atoms with Crippen LogP contribution in [0.15, 0.2) is 23.0 Å². The van der Waals surface area contributed by atoms with E-state index in [1.165, 1.54) is 10.6 Å². The van der Waals surface area contributed by atoms with E-state index in [4.69, 9.17) is 28.9 Å². The SMILES string of the molecule is Cc1cc(=O)n2[nH]c(-c3cc(Cl)cc(Cl)c3N)nc2n1. The van der Waals surface area contributed by atoms with Crippen molar-refractivity contribution in [3.63, 3.8) is 0 Å². The first-order valence-corrected chi connectivity index (χ1v) is 6.42. The molecule has 0 aliphatic rings. The molecule has 102 valence electrons. The lowest BCUT2D eigenvalue weighted by Gasteiger charge is -2.04. The van der Waals surface area contributed by atoms with Crippen LogP contribution in [0.2, 0.25) is 10.0 Å². The van der Waals surface area contributed by atoms with Crippen LogP contribution in [0.3, 0.4) is 0 Å². The van der Waals surface area contributed by atoms with Crippen molar-refractivity contribution in [2.24, 2.45) is 0 Å². The number of nitrogen functional groups attached to an aromatic ring is 1. The number of hydrogen-bond donors (Lipinski definition) is 2. The molecule has 6 nitrogen and oxygen atoms in total. The third-order valence-corrected chi connectivity index (χ3v) is 3.34. The molecule has 0 spiro atoms. The maximum Gasteiger partial charge on any atom is 0.274 e. The molecular formula is C12H9Cl2N5O. The third kappa shape index (κ3) is 2.03. The first-order valence-electron chi connectivity index (χ1n) is 5.67. The van der Waals surface area contributed by atoms with E-state index in [1.54, 1.807) is 19.1 Å². The standard InChI is InChI=1S/C12H9Cl2N5O/c1-5-2-9(20)19-12(16-5)17-11(18-19)7-3-6(13)4-8(14)10(7)15/h2-4H,15H2,1H3,(H,16,17,18). The molecule has 0 radical (unpaired) electrons. The van der Waals surface area contributed by atoms with Crippen molar-refractivity contribution in [2.75, 3.05) is 5.73 Å². The van der Waals surface area contributed by atoms with Crippen molar-refractivity contribution in [3.8, 4) is 11.4 Å². The molecule has 0 saturated heterocycles. The van der Waals surface area contributed by atoms with Crippen molar-refractivity contribution in [3.05, 3.63) is 44.3 Å². The number of aryl methyl sites for hydroxylation is 1. The molecule has 0 fully saturated rings. The van der Waals surface area contributed by atoms with E-state index >= 15 is 0 Å². The van der Waals surface area contributed by atoms with Crippen molar-refractivity contribution in [1.82, 2.24) is 19.6 Å². The van der Waals surface area contributed by atoms with Gasteiger partial charge in [-0.05, 0) is 19.1 Å². The number of rotatable bonds is 1. The van der Waals surface area contributed by atoms with E-state index in [0.29, 0.717) is 32.8 Å². The van der Waals surface area contributed by atoms with Gasteiger partial charge in [0.25, 0.3) is 11.3 Å². The highest BCUT2D eigenvalue weighted by Crippen LogP contribution is 2.33. The van der Waals surface area contributed by atoms with Crippen LogP contribution < -0.4 is 11.3 Å². The lowest BCUT2D eigenvalue weighted by atomic mass is 10.2. The first-order chi connectivity index (χ1) is 9.45. The molecule has 0 aliphatic carbocycles. The molecule has 8 heteroatoms. The smallest absolute Gasteiger partial charge is 0.274 e. The minimum Gasteiger partial charge on any atom is -0.397 e. The molecule has 2 heterocycles. The fraction of sp³-hybridized carbons (Fsp3) is 0.0833. The van der Waals surface area contributed by atoms with E-state index in [1.807, 2.05) is 0 Å². The first kappa shape index (κ1) is 13.0. The number of aromatic nitrogens is 4. The predicted octanol–water partition coefficient (Wildman–Crippen LogP) is 2.28. The number of H-pyrrole nitrogens is 1. The Morgan fingerprint density at radius 1 is 1.25 bits per heavy atom. The summed E-state index contributed by atoms with van der Waals surface area (Å²) in [5.41, 5.74) is 7.10. The molecular weight excluding hydrogens is 301 g/mol. The largest absolute Gasteiger partial charge is 0.397 e. The highest BCUT2D eigenvalue weighted by atomic mass is 35.5. The number of fused-ring (bicyclic) bond motifs is 1. The van der Waals surface area contributed by atoms with Crippen molar-refractivity contribution in [1.29, 1.82) is 0 Å². The average molecular weight is 310 g/mol. The van der Waals surface area contributed by atoms with Crippen LogP contribution in [0.25, 0.3) is 17.2 Å². The number of nitrogens with two attached hydrogens (primary N) is 1. The van der Waals surface area contributed by atoms with Crippen LogP contribution in [-0.2, 0) is 0 Å². The minimum absolute atomic E-state index is 0.252. The monoisotopic (exact) mass is 309 g/mol. The Morgan fingerprint density at radius 2 is 2.00 bits per heavy atom. The van der Waals surface area contributed by atoms with Gasteiger partial charge in [0.2, 0.25) is 0 Å². The number of benzene rings is 1. The summed E-state index contributed by atoms with van der Waals surface area (Å²) in [6, 6.07) is 4.57. The molecule has 20 heavy (non-hydrogen) atoms. The van der Waals surface area contributed by atoms with Crippen molar-refractivity contribution >= 4 is 34.7 Å². The van der Waals surface area contributed by atoms with Gasteiger partial charge in [0.15, 0.2) is 5.82 Å². The van der Waals surface area contributed by atoms with Gasteiger partial charge in [0.1, 0.15) is 0 Å². The number of anilines is 1. The van der Waals surface area contributed by atoms with Gasteiger partial charge >= 0.3 is 0 Å². The summed E-state index contributed by atoms with van der Waals surface area (Å²) >= 11 is 12.0. The molecule has 0 aliphatic heterocycles. The molecule has 3 rings (SSSR count). The zero-order valence-electron chi connectivity index (χ0n) is 10.3. The number of aromatic amines is 1. The van der Waals surface area contributed by atoms with E-state index < -0.39 is 0 Å². The molecule has 0 saturated carbocycles. The summed E-state index contributed by atoms with van der Waals surface area (Å²) in [7, 11) is 0. The molecule has 3 N–H and O–H groups in total. The topological polar surface area (TPSA) is 89.1 Å². The van der Waals surface area contributed by atoms with Gasteiger partial charge in [0, 0.05) is 22.3 Å². The van der Waals surface area contributed by atoms with Gasteiger partial charge in [-0.25, -0.2) is 4.98 Å². The molecule has 1 aromatic carbocycles. The third-order valence-electron chi connectivity index (χ3n) is 2.81. The average Bonchev–Trinajstić information content (AvgIpc) is 2.77. The summed E-state index contributed by atoms with van der Waals surface area (Å²) in [5, 5.41) is 3.59. The molecule has 0 unspecified atom stereocenters. The van der Waals surface area contributed by atoms with Gasteiger partial charge in [-0.1, -0.05) is 23.2 Å². The van der Waals surface area contributed by atoms with E-state index in [2.05, 4.69) is 15.1 Å². The van der Waals surface area contributed by atoms with Gasteiger partial charge < -0.3 is 5.73 Å². The Kier molecular flexibility index (Phi) is 2.92. The molecule has 3 aromatic rings.